The Kier molecular flexibility index (Phi) is 5.35. The summed E-state index contributed by atoms with van der Waals surface area (Å²) in [5.41, 5.74) is 0.00150. The lowest BCUT2D eigenvalue weighted by atomic mass is 9.78. The first kappa shape index (κ1) is 15.2. The van der Waals surface area contributed by atoms with Crippen molar-refractivity contribution in [3.05, 3.63) is 12.2 Å². The van der Waals surface area contributed by atoms with E-state index in [2.05, 4.69) is 12.2 Å². The molecule has 0 amide bonds. The molecule has 2 rings (SSSR count). The molecule has 2 aliphatic heterocycles. The van der Waals surface area contributed by atoms with Crippen LogP contribution in [0.15, 0.2) is 12.2 Å². The number of aldehydes is 1. The van der Waals surface area contributed by atoms with E-state index < -0.39 is 5.97 Å². The van der Waals surface area contributed by atoms with E-state index >= 15 is 0 Å². The number of fused-ring (bicyclic) bond motifs is 2. The molecule has 3 atom stereocenters. The zero-order valence-electron chi connectivity index (χ0n) is 11.9. The minimum absolute atomic E-state index is 0.00150. The average molecular weight is 280 g/mol. The van der Waals surface area contributed by atoms with Gasteiger partial charge in [-0.25, -0.2) is 0 Å². The number of allylic oxidation sites excluding steroid dienone is 1. The zero-order valence-corrected chi connectivity index (χ0v) is 11.9. The first-order chi connectivity index (χ1) is 9.65. The first-order valence-electron chi connectivity index (χ1n) is 7.63. The summed E-state index contributed by atoms with van der Waals surface area (Å²) >= 11 is 0. The van der Waals surface area contributed by atoms with Gasteiger partial charge in [0.05, 0.1) is 11.7 Å². The molecule has 4 nitrogen and oxygen atoms in total. The Labute approximate surface area is 120 Å². The summed E-state index contributed by atoms with van der Waals surface area (Å²) in [6.07, 6.45) is 13.2. The van der Waals surface area contributed by atoms with Crippen molar-refractivity contribution in [3.8, 4) is 0 Å². The van der Waals surface area contributed by atoms with Crippen LogP contribution in [-0.4, -0.2) is 29.1 Å². The summed E-state index contributed by atoms with van der Waals surface area (Å²) in [5.74, 6) is -0.179. The van der Waals surface area contributed by atoms with E-state index in [1.807, 2.05) is 0 Å². The molecule has 20 heavy (non-hydrogen) atoms. The third kappa shape index (κ3) is 3.92. The molecule has 0 aromatic heterocycles. The predicted molar refractivity (Wildman–Crippen MR) is 75.5 cm³/mol. The molecule has 2 aliphatic rings. The standard InChI is InChI=1S/C16H24O4/c17-11-5-6-13-12-16(10-8-14(13)20-16)9-4-2-1-3-7-15(18)19/h2,4,11,13-14H,1,3,5-10,12H2,(H,18,19)/t13-,14-,16+/m1/s1. The quantitative estimate of drug-likeness (QED) is 0.400. The van der Waals surface area contributed by atoms with Gasteiger partial charge in [-0.1, -0.05) is 12.2 Å². The van der Waals surface area contributed by atoms with E-state index in [1.54, 1.807) is 0 Å². The lowest BCUT2D eigenvalue weighted by Crippen LogP contribution is -2.25. The smallest absolute Gasteiger partial charge is 0.303 e. The van der Waals surface area contributed by atoms with Crippen molar-refractivity contribution >= 4 is 12.3 Å². The van der Waals surface area contributed by atoms with Crippen LogP contribution in [0.5, 0.6) is 0 Å². The van der Waals surface area contributed by atoms with Crippen LogP contribution in [0.25, 0.3) is 0 Å². The lowest BCUT2D eigenvalue weighted by molar-refractivity contribution is -0.137. The average Bonchev–Trinajstić information content (AvgIpc) is 2.98. The maximum atomic E-state index is 10.5. The van der Waals surface area contributed by atoms with Crippen LogP contribution in [0.1, 0.15) is 57.8 Å². The topological polar surface area (TPSA) is 63.6 Å². The van der Waals surface area contributed by atoms with Crippen molar-refractivity contribution in [1.29, 1.82) is 0 Å². The minimum atomic E-state index is -0.729. The van der Waals surface area contributed by atoms with Crippen LogP contribution >= 0.6 is 0 Å². The summed E-state index contributed by atoms with van der Waals surface area (Å²) in [4.78, 5) is 20.9. The normalized spacial score (nSPS) is 32.0. The summed E-state index contributed by atoms with van der Waals surface area (Å²) in [6, 6.07) is 0. The van der Waals surface area contributed by atoms with Gasteiger partial charge in [0.2, 0.25) is 0 Å². The van der Waals surface area contributed by atoms with Gasteiger partial charge >= 0.3 is 5.97 Å². The highest BCUT2D eigenvalue weighted by Crippen LogP contribution is 2.50. The highest BCUT2D eigenvalue weighted by Gasteiger charge is 2.50. The van der Waals surface area contributed by atoms with Crippen LogP contribution in [0.2, 0.25) is 0 Å². The van der Waals surface area contributed by atoms with Gasteiger partial charge < -0.3 is 14.6 Å². The van der Waals surface area contributed by atoms with Gasteiger partial charge in [-0.05, 0) is 50.9 Å². The van der Waals surface area contributed by atoms with Crippen molar-refractivity contribution in [2.45, 2.75) is 69.5 Å². The number of unbranched alkanes of at least 4 members (excludes halogenated alkanes) is 1. The molecule has 0 radical (unpaired) electrons. The van der Waals surface area contributed by atoms with E-state index in [0.717, 1.165) is 44.8 Å². The summed E-state index contributed by atoms with van der Waals surface area (Å²) < 4.78 is 6.15. The maximum absolute atomic E-state index is 10.5. The van der Waals surface area contributed by atoms with Crippen LogP contribution in [-0.2, 0) is 14.3 Å². The molecule has 0 aromatic rings. The Morgan fingerprint density at radius 1 is 1.35 bits per heavy atom. The molecule has 2 fully saturated rings. The molecular weight excluding hydrogens is 256 g/mol. The van der Waals surface area contributed by atoms with Crippen LogP contribution in [0.4, 0.5) is 0 Å². The number of rotatable bonds is 9. The number of carbonyl (C=O) groups excluding carboxylic acids is 1. The third-order valence-corrected chi connectivity index (χ3v) is 4.52. The molecule has 0 unspecified atom stereocenters. The molecular formula is C16H24O4. The monoisotopic (exact) mass is 280 g/mol. The SMILES string of the molecule is O=CCC[C@@H]1C[C@]2(CC=CCCCC(=O)O)CC[C@H]1O2. The molecule has 0 saturated carbocycles. The maximum Gasteiger partial charge on any atom is 0.303 e. The highest BCUT2D eigenvalue weighted by molar-refractivity contribution is 5.66. The van der Waals surface area contributed by atoms with Crippen LogP contribution in [0, 0.1) is 5.92 Å². The second kappa shape index (κ2) is 7.02. The number of hydrogen-bond acceptors (Lipinski definition) is 3. The van der Waals surface area contributed by atoms with Gasteiger partial charge in [0.15, 0.2) is 0 Å². The largest absolute Gasteiger partial charge is 0.481 e. The zero-order chi connectivity index (χ0) is 14.4. The Morgan fingerprint density at radius 3 is 2.95 bits per heavy atom. The Balaban J connectivity index is 1.71. The van der Waals surface area contributed by atoms with Gasteiger partial charge in [-0.3, -0.25) is 4.79 Å². The fourth-order valence-corrected chi connectivity index (χ4v) is 3.53. The molecule has 4 heteroatoms. The van der Waals surface area contributed by atoms with Gasteiger partial charge in [0.1, 0.15) is 6.29 Å². The van der Waals surface area contributed by atoms with Crippen molar-refractivity contribution in [2.75, 3.05) is 0 Å². The third-order valence-electron chi connectivity index (χ3n) is 4.52. The molecule has 2 bridgehead atoms. The summed E-state index contributed by atoms with van der Waals surface area (Å²) in [7, 11) is 0. The second-order valence-corrected chi connectivity index (χ2v) is 6.05. The van der Waals surface area contributed by atoms with E-state index in [4.69, 9.17) is 9.84 Å². The number of carboxylic acids is 1. The summed E-state index contributed by atoms with van der Waals surface area (Å²) in [5, 5.41) is 8.56. The number of ether oxygens (including phenoxy) is 1. The molecule has 2 saturated heterocycles. The van der Waals surface area contributed by atoms with Crippen molar-refractivity contribution < 1.29 is 19.4 Å². The fourth-order valence-electron chi connectivity index (χ4n) is 3.53. The van der Waals surface area contributed by atoms with Gasteiger partial charge in [-0.15, -0.1) is 0 Å². The molecule has 112 valence electrons. The highest BCUT2D eigenvalue weighted by atomic mass is 16.5. The Bertz CT molecular complexity index is 377. The van der Waals surface area contributed by atoms with E-state index in [-0.39, 0.29) is 12.0 Å². The van der Waals surface area contributed by atoms with Gasteiger partial charge in [0.25, 0.3) is 0 Å². The minimum Gasteiger partial charge on any atom is -0.481 e. The van der Waals surface area contributed by atoms with Crippen LogP contribution in [0.3, 0.4) is 0 Å². The number of aliphatic carboxylic acids is 1. The van der Waals surface area contributed by atoms with Crippen molar-refractivity contribution in [3.63, 3.8) is 0 Å². The van der Waals surface area contributed by atoms with Crippen molar-refractivity contribution in [2.24, 2.45) is 5.92 Å². The Hall–Kier alpha value is -1.16. The Morgan fingerprint density at radius 2 is 2.20 bits per heavy atom. The van der Waals surface area contributed by atoms with Gasteiger partial charge in [-0.2, -0.15) is 0 Å². The van der Waals surface area contributed by atoms with E-state index in [0.29, 0.717) is 24.9 Å². The number of carbonyl (C=O) groups is 2. The second-order valence-electron chi connectivity index (χ2n) is 6.05. The molecule has 0 spiro atoms. The first-order valence-corrected chi connectivity index (χ1v) is 7.63. The van der Waals surface area contributed by atoms with E-state index in [9.17, 15) is 9.59 Å². The summed E-state index contributed by atoms with van der Waals surface area (Å²) in [6.45, 7) is 0. The lowest BCUT2D eigenvalue weighted by Gasteiger charge is -2.25. The number of carboxylic acid groups (broad SMARTS) is 1. The van der Waals surface area contributed by atoms with E-state index in [1.165, 1.54) is 0 Å². The predicted octanol–water partition coefficient (Wildman–Crippen LogP) is 3.10. The molecule has 1 N–H and O–H groups in total. The van der Waals surface area contributed by atoms with Gasteiger partial charge in [0, 0.05) is 12.8 Å². The fraction of sp³-hybridized carbons (Fsp3) is 0.750. The molecule has 0 aliphatic carbocycles. The number of hydrogen-bond donors (Lipinski definition) is 1. The van der Waals surface area contributed by atoms with Crippen molar-refractivity contribution in [1.82, 2.24) is 0 Å². The van der Waals surface area contributed by atoms with Crippen LogP contribution < -0.4 is 0 Å². The molecule has 2 heterocycles. The molecule has 0 aromatic carbocycles.